The van der Waals surface area contributed by atoms with Crippen molar-refractivity contribution in [3.63, 3.8) is 0 Å². The largest absolute Gasteiger partial charge is 0.444 e. The number of nitrogens with one attached hydrogen (secondary N) is 2. The fraction of sp³-hybridized carbons (Fsp3) is 0.905. The zero-order valence-corrected chi connectivity index (χ0v) is 22.8. The third-order valence-corrected chi connectivity index (χ3v) is 4.49. The van der Waals surface area contributed by atoms with E-state index in [-0.39, 0.29) is 42.2 Å². The van der Waals surface area contributed by atoms with Crippen LogP contribution in [0.25, 0.3) is 0 Å². The predicted octanol–water partition coefficient (Wildman–Crippen LogP) is 2.97. The minimum Gasteiger partial charge on any atom is -0.444 e. The summed E-state index contributed by atoms with van der Waals surface area (Å²) in [5.41, 5.74) is -1.33. The Morgan fingerprint density at radius 3 is 2.45 bits per heavy atom. The summed E-state index contributed by atoms with van der Waals surface area (Å²) in [7, 11) is 1.66. The van der Waals surface area contributed by atoms with Crippen molar-refractivity contribution in [2.45, 2.75) is 78.4 Å². The lowest BCUT2D eigenvalue weighted by atomic mass is 10.1. The van der Waals surface area contributed by atoms with Crippen LogP contribution >= 0.6 is 24.0 Å². The van der Waals surface area contributed by atoms with Gasteiger partial charge in [-0.3, -0.25) is 9.89 Å². The van der Waals surface area contributed by atoms with Crippen LogP contribution in [0.4, 0.5) is 4.79 Å². The van der Waals surface area contributed by atoms with Gasteiger partial charge in [-0.1, -0.05) is 0 Å². The average molecular weight is 559 g/mol. The third kappa shape index (κ3) is 11.0. The van der Waals surface area contributed by atoms with Crippen molar-refractivity contribution in [2.24, 2.45) is 4.99 Å². The van der Waals surface area contributed by atoms with Gasteiger partial charge in [0.15, 0.2) is 5.96 Å². The third-order valence-electron chi connectivity index (χ3n) is 4.49. The van der Waals surface area contributed by atoms with Crippen LogP contribution in [0.3, 0.4) is 0 Å². The smallest absolute Gasteiger partial charge is 0.412 e. The number of halogens is 1. The van der Waals surface area contributed by atoms with E-state index in [0.29, 0.717) is 32.3 Å². The molecule has 0 aromatic heterocycles. The van der Waals surface area contributed by atoms with Crippen molar-refractivity contribution in [3.8, 4) is 0 Å². The van der Waals surface area contributed by atoms with E-state index in [2.05, 4.69) is 10.6 Å². The van der Waals surface area contributed by atoms with Crippen LogP contribution in [-0.4, -0.2) is 87.0 Å². The maximum absolute atomic E-state index is 12.8. The van der Waals surface area contributed by atoms with E-state index in [9.17, 15) is 4.79 Å². The number of hydrogen-bond acceptors (Lipinski definition) is 6. The molecule has 10 heteroatoms. The molecular weight excluding hydrogens is 515 g/mol. The van der Waals surface area contributed by atoms with Gasteiger partial charge in [0, 0.05) is 26.8 Å². The highest BCUT2D eigenvalue weighted by molar-refractivity contribution is 14.0. The molecule has 31 heavy (non-hydrogen) atoms. The highest BCUT2D eigenvalue weighted by atomic mass is 127. The molecule has 0 aromatic carbocycles. The summed E-state index contributed by atoms with van der Waals surface area (Å²) in [5, 5.41) is 6.54. The maximum atomic E-state index is 12.8. The standard InChI is InChI=1S/C21H42N4O5.HI/c1-9-22-18(23-11-10-12-28-14-13-27-8)24-15-17-16(2)29-21(6,7)25(17)19(26)30-20(3,4)5;/h16-17H,9-15H2,1-8H3,(H2,22,23,24);1H. The average Bonchev–Trinajstić information content (AvgIpc) is 2.85. The lowest BCUT2D eigenvalue weighted by Gasteiger charge is -2.34. The molecule has 2 N–H and O–H groups in total. The lowest BCUT2D eigenvalue weighted by Crippen LogP contribution is -2.51. The number of carbonyl (C=O) groups is 1. The van der Waals surface area contributed by atoms with Crippen LogP contribution in [0.5, 0.6) is 0 Å². The number of methoxy groups -OCH3 is 1. The monoisotopic (exact) mass is 558 g/mol. The number of hydrogen-bond donors (Lipinski definition) is 2. The van der Waals surface area contributed by atoms with E-state index < -0.39 is 11.3 Å². The Morgan fingerprint density at radius 1 is 1.19 bits per heavy atom. The van der Waals surface area contributed by atoms with Crippen molar-refractivity contribution < 1.29 is 23.7 Å². The zero-order valence-electron chi connectivity index (χ0n) is 20.4. The Hall–Kier alpha value is -0.850. The first-order chi connectivity index (χ1) is 14.0. The molecule has 184 valence electrons. The minimum atomic E-state index is -0.757. The molecule has 0 aromatic rings. The molecule has 1 fully saturated rings. The first kappa shape index (κ1) is 30.1. The van der Waals surface area contributed by atoms with Gasteiger partial charge in [-0.05, 0) is 54.9 Å². The van der Waals surface area contributed by atoms with Gasteiger partial charge in [0.25, 0.3) is 0 Å². The fourth-order valence-electron chi connectivity index (χ4n) is 3.25. The Bertz CT molecular complexity index is 554. The van der Waals surface area contributed by atoms with Crippen LogP contribution in [0.2, 0.25) is 0 Å². The number of amides is 1. The summed E-state index contributed by atoms with van der Waals surface area (Å²) in [6.45, 7) is 17.1. The molecule has 2 unspecified atom stereocenters. The van der Waals surface area contributed by atoms with Crippen molar-refractivity contribution in [1.82, 2.24) is 15.5 Å². The van der Waals surface area contributed by atoms with Crippen LogP contribution < -0.4 is 10.6 Å². The highest BCUT2D eigenvalue weighted by Crippen LogP contribution is 2.33. The predicted molar refractivity (Wildman–Crippen MR) is 133 cm³/mol. The topological polar surface area (TPSA) is 93.7 Å². The van der Waals surface area contributed by atoms with E-state index in [1.807, 2.05) is 48.5 Å². The Kier molecular flexibility index (Phi) is 13.9. The molecule has 1 aliphatic rings. The highest BCUT2D eigenvalue weighted by Gasteiger charge is 2.49. The Balaban J connectivity index is 0.00000900. The summed E-state index contributed by atoms with van der Waals surface area (Å²) in [4.78, 5) is 19.2. The van der Waals surface area contributed by atoms with Crippen molar-refractivity contribution >= 4 is 36.0 Å². The summed E-state index contributed by atoms with van der Waals surface area (Å²) in [5.74, 6) is 0.704. The van der Waals surface area contributed by atoms with Crippen LogP contribution in [-0.2, 0) is 18.9 Å². The van der Waals surface area contributed by atoms with Gasteiger partial charge in [-0.15, -0.1) is 24.0 Å². The van der Waals surface area contributed by atoms with Gasteiger partial charge >= 0.3 is 6.09 Å². The van der Waals surface area contributed by atoms with Gasteiger partial charge in [-0.2, -0.15) is 0 Å². The van der Waals surface area contributed by atoms with Gasteiger partial charge in [0.1, 0.15) is 11.3 Å². The summed E-state index contributed by atoms with van der Waals surface area (Å²) in [6.07, 6.45) is 0.310. The van der Waals surface area contributed by atoms with Gasteiger partial charge < -0.3 is 29.6 Å². The van der Waals surface area contributed by atoms with Crippen molar-refractivity contribution in [3.05, 3.63) is 0 Å². The Morgan fingerprint density at radius 2 is 1.87 bits per heavy atom. The second kappa shape index (κ2) is 14.3. The SMILES string of the molecule is CCNC(=NCC1C(C)OC(C)(C)N1C(=O)OC(C)(C)C)NCCCOCCOC.I. The molecule has 1 heterocycles. The van der Waals surface area contributed by atoms with E-state index >= 15 is 0 Å². The number of rotatable bonds is 10. The normalized spacial score (nSPS) is 20.9. The number of nitrogens with zero attached hydrogens (tertiary/aromatic N) is 2. The first-order valence-electron chi connectivity index (χ1n) is 10.8. The fourth-order valence-corrected chi connectivity index (χ4v) is 3.25. The number of ether oxygens (including phenoxy) is 4. The Labute approximate surface area is 205 Å². The second-order valence-corrected chi connectivity index (χ2v) is 8.79. The minimum absolute atomic E-state index is 0. The molecule has 0 saturated carbocycles. The number of guanidine groups is 1. The molecule has 0 spiro atoms. The molecule has 1 amide bonds. The molecule has 1 aliphatic heterocycles. The zero-order chi connectivity index (χ0) is 22.8. The van der Waals surface area contributed by atoms with Crippen molar-refractivity contribution in [2.75, 3.05) is 46.6 Å². The molecular formula is C21H43IN4O5. The molecule has 1 saturated heterocycles. The number of aliphatic imine (C=N–C) groups is 1. The first-order valence-corrected chi connectivity index (χ1v) is 10.8. The number of carbonyl (C=O) groups excluding carboxylic acids is 1. The van der Waals surface area contributed by atoms with Gasteiger partial charge in [-0.25, -0.2) is 4.79 Å². The van der Waals surface area contributed by atoms with Crippen LogP contribution in [0, 0.1) is 0 Å². The molecule has 2 atom stereocenters. The lowest BCUT2D eigenvalue weighted by molar-refractivity contribution is -0.0755. The van der Waals surface area contributed by atoms with Gasteiger partial charge in [0.2, 0.25) is 0 Å². The van der Waals surface area contributed by atoms with E-state index in [0.717, 1.165) is 19.5 Å². The van der Waals surface area contributed by atoms with Crippen LogP contribution in [0.1, 0.15) is 54.9 Å². The molecule has 0 aliphatic carbocycles. The summed E-state index contributed by atoms with van der Waals surface area (Å²) >= 11 is 0. The van der Waals surface area contributed by atoms with Gasteiger partial charge in [0.05, 0.1) is 31.9 Å². The molecule has 1 rings (SSSR count). The molecule has 0 bridgehead atoms. The quantitative estimate of drug-likeness (QED) is 0.184. The second-order valence-electron chi connectivity index (χ2n) is 8.79. The van der Waals surface area contributed by atoms with E-state index in [4.69, 9.17) is 23.9 Å². The van der Waals surface area contributed by atoms with Crippen molar-refractivity contribution in [1.29, 1.82) is 0 Å². The maximum Gasteiger partial charge on any atom is 0.412 e. The summed E-state index contributed by atoms with van der Waals surface area (Å²) < 4.78 is 22.1. The van der Waals surface area contributed by atoms with E-state index in [1.165, 1.54) is 0 Å². The van der Waals surface area contributed by atoms with E-state index in [1.54, 1.807) is 12.0 Å². The summed E-state index contributed by atoms with van der Waals surface area (Å²) in [6, 6.07) is -0.220. The molecule has 0 radical (unpaired) electrons. The van der Waals surface area contributed by atoms with Crippen LogP contribution in [0.15, 0.2) is 4.99 Å². The molecule has 9 nitrogen and oxygen atoms in total.